The van der Waals surface area contributed by atoms with E-state index >= 15 is 0 Å². The van der Waals surface area contributed by atoms with Gasteiger partial charge in [0.15, 0.2) is 0 Å². The summed E-state index contributed by atoms with van der Waals surface area (Å²) in [5.41, 5.74) is 0. The maximum atomic E-state index is 8.60. The molecule has 12 heavy (non-hydrogen) atoms. The van der Waals surface area contributed by atoms with E-state index in [0.717, 1.165) is 13.0 Å². The molecule has 5 nitrogen and oxygen atoms in total. The number of nitrogens with one attached hydrogen (secondary N) is 1. The third-order valence-corrected chi connectivity index (χ3v) is 1.62. The molecule has 0 aromatic carbocycles. The minimum absolute atomic E-state index is 0.103. The molecule has 0 saturated carbocycles. The zero-order valence-corrected chi connectivity index (χ0v) is 6.94. The first-order chi connectivity index (χ1) is 5.86. The molecule has 0 bridgehead atoms. The van der Waals surface area contributed by atoms with E-state index in [2.05, 4.69) is 21.5 Å². The normalized spacial score (nSPS) is 12.3. The van der Waals surface area contributed by atoms with E-state index in [4.69, 9.17) is 5.26 Å². The van der Waals surface area contributed by atoms with E-state index < -0.39 is 0 Å². The van der Waals surface area contributed by atoms with Crippen molar-refractivity contribution in [2.75, 3.05) is 7.05 Å². The molecule has 0 radical (unpaired) electrons. The highest BCUT2D eigenvalue weighted by atomic mass is 15.3. The van der Waals surface area contributed by atoms with Crippen LogP contribution in [0.3, 0.4) is 0 Å². The summed E-state index contributed by atoms with van der Waals surface area (Å²) in [7, 11) is 1.77. The SMILES string of the molecule is CNC(C#N)CCn1cncn1. The zero-order chi connectivity index (χ0) is 8.81. The Morgan fingerprint density at radius 3 is 3.08 bits per heavy atom. The van der Waals surface area contributed by atoms with Gasteiger partial charge < -0.3 is 5.32 Å². The molecule has 1 N–H and O–H groups in total. The third-order valence-electron chi connectivity index (χ3n) is 1.62. The predicted octanol–water partition coefficient (Wildman–Crippen LogP) is -0.220. The summed E-state index contributed by atoms with van der Waals surface area (Å²) in [5.74, 6) is 0. The fraction of sp³-hybridized carbons (Fsp3) is 0.571. The highest BCUT2D eigenvalue weighted by Gasteiger charge is 2.02. The molecule has 0 spiro atoms. The standard InChI is InChI=1S/C7H11N5/c1-9-7(4-8)2-3-12-6-10-5-11-12/h5-7,9H,2-3H2,1H3. The molecular formula is C7H11N5. The number of aromatic nitrogens is 3. The molecule has 1 aromatic rings. The Morgan fingerprint density at radius 2 is 2.58 bits per heavy atom. The Kier molecular flexibility index (Phi) is 3.23. The number of nitriles is 1. The van der Waals surface area contributed by atoms with Crippen LogP contribution in [-0.2, 0) is 6.54 Å². The van der Waals surface area contributed by atoms with Gasteiger partial charge in [0.2, 0.25) is 0 Å². The van der Waals surface area contributed by atoms with Gasteiger partial charge in [0, 0.05) is 6.54 Å². The summed E-state index contributed by atoms with van der Waals surface area (Å²) >= 11 is 0. The number of rotatable bonds is 4. The fourth-order valence-electron chi connectivity index (χ4n) is 0.883. The lowest BCUT2D eigenvalue weighted by Crippen LogP contribution is -2.24. The lowest BCUT2D eigenvalue weighted by atomic mass is 10.2. The molecule has 1 aromatic heterocycles. The maximum Gasteiger partial charge on any atom is 0.137 e. The minimum Gasteiger partial charge on any atom is -0.305 e. The molecule has 0 saturated heterocycles. The van der Waals surface area contributed by atoms with Crippen LogP contribution >= 0.6 is 0 Å². The van der Waals surface area contributed by atoms with Gasteiger partial charge in [-0.1, -0.05) is 0 Å². The summed E-state index contributed by atoms with van der Waals surface area (Å²) in [4.78, 5) is 3.80. The first kappa shape index (κ1) is 8.68. The van der Waals surface area contributed by atoms with Crippen molar-refractivity contribution in [3.63, 3.8) is 0 Å². The van der Waals surface area contributed by atoms with Crippen molar-refractivity contribution in [2.24, 2.45) is 0 Å². The van der Waals surface area contributed by atoms with Gasteiger partial charge in [0.05, 0.1) is 12.1 Å². The lowest BCUT2D eigenvalue weighted by Gasteiger charge is -2.05. The van der Waals surface area contributed by atoms with Gasteiger partial charge >= 0.3 is 0 Å². The second-order valence-electron chi connectivity index (χ2n) is 2.42. The summed E-state index contributed by atoms with van der Waals surface area (Å²) < 4.78 is 1.71. The molecule has 0 amide bonds. The van der Waals surface area contributed by atoms with E-state index in [0.29, 0.717) is 0 Å². The van der Waals surface area contributed by atoms with E-state index in [-0.39, 0.29) is 6.04 Å². The molecule has 1 rings (SSSR count). The van der Waals surface area contributed by atoms with Gasteiger partial charge in [0.1, 0.15) is 12.7 Å². The van der Waals surface area contributed by atoms with Crippen LogP contribution in [-0.4, -0.2) is 27.9 Å². The first-order valence-electron chi connectivity index (χ1n) is 3.76. The van der Waals surface area contributed by atoms with Crippen LogP contribution < -0.4 is 5.32 Å². The number of hydrogen-bond acceptors (Lipinski definition) is 4. The lowest BCUT2D eigenvalue weighted by molar-refractivity contribution is 0.517. The number of hydrogen-bond donors (Lipinski definition) is 1. The summed E-state index contributed by atoms with van der Waals surface area (Å²) in [5, 5.41) is 15.4. The van der Waals surface area contributed by atoms with Crippen LogP contribution in [0.4, 0.5) is 0 Å². The Bertz CT molecular complexity index is 247. The molecule has 1 unspecified atom stereocenters. The molecule has 0 aliphatic rings. The van der Waals surface area contributed by atoms with E-state index in [9.17, 15) is 0 Å². The van der Waals surface area contributed by atoms with Crippen molar-refractivity contribution in [3.05, 3.63) is 12.7 Å². The molecule has 0 aliphatic carbocycles. The second kappa shape index (κ2) is 4.46. The second-order valence-corrected chi connectivity index (χ2v) is 2.42. The average molecular weight is 165 g/mol. The van der Waals surface area contributed by atoms with Crippen molar-refractivity contribution in [3.8, 4) is 6.07 Å². The monoisotopic (exact) mass is 165 g/mol. The predicted molar refractivity (Wildman–Crippen MR) is 43.1 cm³/mol. The first-order valence-corrected chi connectivity index (χ1v) is 3.76. The average Bonchev–Trinajstić information content (AvgIpc) is 2.59. The van der Waals surface area contributed by atoms with Crippen molar-refractivity contribution < 1.29 is 0 Å². The van der Waals surface area contributed by atoms with Crippen molar-refractivity contribution >= 4 is 0 Å². The van der Waals surface area contributed by atoms with Crippen LogP contribution in [0.2, 0.25) is 0 Å². The Hall–Kier alpha value is -1.41. The van der Waals surface area contributed by atoms with Crippen LogP contribution in [0, 0.1) is 11.3 Å². The van der Waals surface area contributed by atoms with Crippen LogP contribution in [0.5, 0.6) is 0 Å². The van der Waals surface area contributed by atoms with Gasteiger partial charge in [-0.3, -0.25) is 4.68 Å². The molecule has 1 atom stereocenters. The molecule has 0 fully saturated rings. The Balaban J connectivity index is 2.31. The smallest absolute Gasteiger partial charge is 0.137 e. The highest BCUT2D eigenvalue weighted by Crippen LogP contribution is 1.92. The molecule has 5 heteroatoms. The zero-order valence-electron chi connectivity index (χ0n) is 6.94. The van der Waals surface area contributed by atoms with Crippen LogP contribution in [0.15, 0.2) is 12.7 Å². The van der Waals surface area contributed by atoms with E-state index in [1.807, 2.05) is 0 Å². The molecule has 64 valence electrons. The van der Waals surface area contributed by atoms with Crippen molar-refractivity contribution in [1.82, 2.24) is 20.1 Å². The molecule has 0 aliphatic heterocycles. The van der Waals surface area contributed by atoms with Gasteiger partial charge in [0.25, 0.3) is 0 Å². The summed E-state index contributed by atoms with van der Waals surface area (Å²) in [6.45, 7) is 0.721. The van der Waals surface area contributed by atoms with Crippen molar-refractivity contribution in [1.29, 1.82) is 5.26 Å². The van der Waals surface area contributed by atoms with Gasteiger partial charge in [-0.05, 0) is 13.5 Å². The van der Waals surface area contributed by atoms with E-state index in [1.54, 1.807) is 18.1 Å². The van der Waals surface area contributed by atoms with Crippen LogP contribution in [0.25, 0.3) is 0 Å². The third kappa shape index (κ3) is 2.32. The van der Waals surface area contributed by atoms with Crippen molar-refractivity contribution in [2.45, 2.75) is 19.0 Å². The van der Waals surface area contributed by atoms with Gasteiger partial charge in [-0.25, -0.2) is 4.98 Å². The maximum absolute atomic E-state index is 8.60. The molecular weight excluding hydrogens is 154 g/mol. The fourth-order valence-corrected chi connectivity index (χ4v) is 0.883. The Morgan fingerprint density at radius 1 is 1.75 bits per heavy atom. The largest absolute Gasteiger partial charge is 0.305 e. The van der Waals surface area contributed by atoms with Gasteiger partial charge in [-0.2, -0.15) is 10.4 Å². The van der Waals surface area contributed by atoms with Crippen LogP contribution in [0.1, 0.15) is 6.42 Å². The Labute approximate surface area is 71.0 Å². The van der Waals surface area contributed by atoms with Gasteiger partial charge in [-0.15, -0.1) is 0 Å². The summed E-state index contributed by atoms with van der Waals surface area (Å²) in [6, 6.07) is 2.04. The number of nitrogens with zero attached hydrogens (tertiary/aromatic N) is 4. The minimum atomic E-state index is -0.103. The topological polar surface area (TPSA) is 66.5 Å². The highest BCUT2D eigenvalue weighted by molar-refractivity contribution is 4.87. The van der Waals surface area contributed by atoms with E-state index in [1.165, 1.54) is 6.33 Å². The number of aryl methyl sites for hydroxylation is 1. The summed E-state index contributed by atoms with van der Waals surface area (Å²) in [6.07, 6.45) is 3.88. The molecule has 1 heterocycles. The quantitative estimate of drug-likeness (QED) is 0.669.